The largest absolute Gasteiger partial charge is 0.423 e. The van der Waals surface area contributed by atoms with E-state index in [1.165, 1.54) is 6.39 Å². The predicted octanol–water partition coefficient (Wildman–Crippen LogP) is 1.67. The number of anilines is 1. The minimum Gasteiger partial charge on any atom is -0.423 e. The Morgan fingerprint density at radius 1 is 1.42 bits per heavy atom. The van der Waals surface area contributed by atoms with Gasteiger partial charge in [0.25, 0.3) is 0 Å². The third-order valence-electron chi connectivity index (χ3n) is 2.42. The highest BCUT2D eigenvalue weighted by Gasteiger charge is 2.06. The lowest BCUT2D eigenvalue weighted by Gasteiger charge is -2.09. The number of hydrogen-bond donors (Lipinski definition) is 2. The van der Waals surface area contributed by atoms with E-state index in [4.69, 9.17) is 4.42 Å². The molecule has 0 saturated heterocycles. The molecule has 100 valence electrons. The van der Waals surface area contributed by atoms with E-state index in [0.29, 0.717) is 11.6 Å². The maximum Gasteiger partial charge on any atom is 0.247 e. The van der Waals surface area contributed by atoms with Gasteiger partial charge >= 0.3 is 0 Å². The van der Waals surface area contributed by atoms with Gasteiger partial charge in [-0.05, 0) is 18.2 Å². The van der Waals surface area contributed by atoms with Crippen LogP contribution in [0.3, 0.4) is 0 Å². The van der Waals surface area contributed by atoms with Crippen molar-refractivity contribution in [3.63, 3.8) is 0 Å². The number of hydrogen-bond acceptors (Lipinski definition) is 5. The fourth-order valence-electron chi connectivity index (χ4n) is 1.53. The molecule has 6 nitrogen and oxygen atoms in total. The van der Waals surface area contributed by atoms with Crippen LogP contribution < -0.4 is 10.6 Å². The molecule has 19 heavy (non-hydrogen) atoms. The molecule has 0 bridgehead atoms. The average Bonchev–Trinajstić information content (AvgIpc) is 2.90. The average molecular weight is 260 g/mol. The molecule has 0 aliphatic heterocycles. The number of nitrogens with one attached hydrogen (secondary N) is 2. The number of amides is 1. The molecule has 0 unspecified atom stereocenters. The molecule has 2 aromatic rings. The number of benzene rings is 1. The Bertz CT molecular complexity index is 537. The topological polar surface area (TPSA) is 80.0 Å². The molecule has 0 aliphatic rings. The molecule has 0 atom stereocenters. The van der Waals surface area contributed by atoms with Crippen molar-refractivity contribution in [2.45, 2.75) is 19.9 Å². The number of nitrogens with zero attached hydrogens (tertiary/aromatic N) is 2. The number of aromatic nitrogens is 2. The summed E-state index contributed by atoms with van der Waals surface area (Å²) >= 11 is 0. The van der Waals surface area contributed by atoms with Crippen LogP contribution in [-0.2, 0) is 4.79 Å². The zero-order valence-corrected chi connectivity index (χ0v) is 10.9. The standard InChI is InChI=1S/C13H16N4O2/c1-9(2)14-7-12(18)16-11-5-3-4-10(6-11)13-17-15-8-19-13/h3-6,8-9,14H,7H2,1-2H3,(H,16,18). The van der Waals surface area contributed by atoms with Crippen LogP contribution in [0.4, 0.5) is 5.69 Å². The van der Waals surface area contributed by atoms with Gasteiger partial charge in [-0.25, -0.2) is 0 Å². The summed E-state index contributed by atoms with van der Waals surface area (Å²) in [5, 5.41) is 13.3. The van der Waals surface area contributed by atoms with Gasteiger partial charge in [-0.2, -0.15) is 0 Å². The maximum atomic E-state index is 11.7. The van der Waals surface area contributed by atoms with Gasteiger partial charge in [0, 0.05) is 17.3 Å². The molecule has 1 heterocycles. The molecule has 2 N–H and O–H groups in total. The molecule has 0 fully saturated rings. The van der Waals surface area contributed by atoms with Gasteiger partial charge in [0.1, 0.15) is 0 Å². The Morgan fingerprint density at radius 3 is 2.95 bits per heavy atom. The van der Waals surface area contributed by atoms with Crippen molar-refractivity contribution in [3.8, 4) is 11.5 Å². The minimum absolute atomic E-state index is 0.0867. The summed E-state index contributed by atoms with van der Waals surface area (Å²) in [5.41, 5.74) is 1.47. The van der Waals surface area contributed by atoms with E-state index in [-0.39, 0.29) is 18.5 Å². The molecule has 1 aromatic carbocycles. The summed E-state index contributed by atoms with van der Waals surface area (Å²) in [6.45, 7) is 4.26. The van der Waals surface area contributed by atoms with Gasteiger partial charge < -0.3 is 15.1 Å². The van der Waals surface area contributed by atoms with Crippen molar-refractivity contribution in [1.29, 1.82) is 0 Å². The highest BCUT2D eigenvalue weighted by molar-refractivity contribution is 5.92. The van der Waals surface area contributed by atoms with Crippen molar-refractivity contribution in [3.05, 3.63) is 30.7 Å². The molecule has 0 spiro atoms. The zero-order chi connectivity index (χ0) is 13.7. The van der Waals surface area contributed by atoms with Crippen LogP contribution >= 0.6 is 0 Å². The van der Waals surface area contributed by atoms with Gasteiger partial charge in [-0.15, -0.1) is 10.2 Å². The first-order valence-electron chi connectivity index (χ1n) is 6.05. The number of carbonyl (C=O) groups is 1. The molecule has 1 aromatic heterocycles. The number of carbonyl (C=O) groups excluding carboxylic acids is 1. The van der Waals surface area contributed by atoms with E-state index >= 15 is 0 Å². The van der Waals surface area contributed by atoms with Gasteiger partial charge in [-0.1, -0.05) is 19.9 Å². The first-order valence-corrected chi connectivity index (χ1v) is 6.05. The van der Waals surface area contributed by atoms with Crippen molar-refractivity contribution < 1.29 is 9.21 Å². The summed E-state index contributed by atoms with van der Waals surface area (Å²) in [6, 6.07) is 7.55. The Kier molecular flexibility index (Phi) is 4.25. The smallest absolute Gasteiger partial charge is 0.247 e. The highest BCUT2D eigenvalue weighted by Crippen LogP contribution is 2.20. The van der Waals surface area contributed by atoms with Gasteiger partial charge in [0.15, 0.2) is 0 Å². The zero-order valence-electron chi connectivity index (χ0n) is 10.9. The first-order chi connectivity index (χ1) is 9.15. The van der Waals surface area contributed by atoms with E-state index in [1.54, 1.807) is 6.07 Å². The monoisotopic (exact) mass is 260 g/mol. The molecule has 1 amide bonds. The second-order valence-electron chi connectivity index (χ2n) is 4.41. The van der Waals surface area contributed by atoms with Crippen LogP contribution in [-0.4, -0.2) is 28.7 Å². The third kappa shape index (κ3) is 3.89. The fraction of sp³-hybridized carbons (Fsp3) is 0.308. The predicted molar refractivity (Wildman–Crippen MR) is 71.5 cm³/mol. The lowest BCUT2D eigenvalue weighted by Crippen LogP contribution is -2.32. The van der Waals surface area contributed by atoms with Gasteiger partial charge in [-0.3, -0.25) is 4.79 Å². The Labute approximate surface area is 111 Å². The summed E-state index contributed by atoms with van der Waals surface area (Å²) in [5.74, 6) is 0.341. The van der Waals surface area contributed by atoms with Crippen LogP contribution in [0.1, 0.15) is 13.8 Å². The molecular formula is C13H16N4O2. The van der Waals surface area contributed by atoms with E-state index in [0.717, 1.165) is 5.56 Å². The summed E-state index contributed by atoms with van der Waals surface area (Å²) in [7, 11) is 0. The van der Waals surface area contributed by atoms with Crippen molar-refractivity contribution in [2.24, 2.45) is 0 Å². The minimum atomic E-state index is -0.0867. The lowest BCUT2D eigenvalue weighted by molar-refractivity contribution is -0.115. The van der Waals surface area contributed by atoms with Crippen molar-refractivity contribution in [2.75, 3.05) is 11.9 Å². The second kappa shape index (κ2) is 6.10. The summed E-state index contributed by atoms with van der Waals surface area (Å²) in [6.07, 6.45) is 1.27. The first kappa shape index (κ1) is 13.2. The van der Waals surface area contributed by atoms with E-state index in [9.17, 15) is 4.79 Å². The Morgan fingerprint density at radius 2 is 2.26 bits per heavy atom. The number of rotatable bonds is 5. The van der Waals surface area contributed by atoms with Crippen LogP contribution in [0.15, 0.2) is 35.1 Å². The van der Waals surface area contributed by atoms with Crippen LogP contribution in [0.2, 0.25) is 0 Å². The van der Waals surface area contributed by atoms with Crippen LogP contribution in [0.25, 0.3) is 11.5 Å². The van der Waals surface area contributed by atoms with E-state index < -0.39 is 0 Å². The quantitative estimate of drug-likeness (QED) is 0.854. The third-order valence-corrected chi connectivity index (χ3v) is 2.42. The lowest BCUT2D eigenvalue weighted by atomic mass is 10.2. The molecule has 0 saturated carbocycles. The molecule has 0 aliphatic carbocycles. The molecule has 6 heteroatoms. The normalized spacial score (nSPS) is 10.7. The van der Waals surface area contributed by atoms with Gasteiger partial charge in [0.05, 0.1) is 6.54 Å². The van der Waals surface area contributed by atoms with Crippen molar-refractivity contribution in [1.82, 2.24) is 15.5 Å². The second-order valence-corrected chi connectivity index (χ2v) is 4.41. The van der Waals surface area contributed by atoms with Crippen LogP contribution in [0.5, 0.6) is 0 Å². The Balaban J connectivity index is 2.01. The van der Waals surface area contributed by atoms with Crippen LogP contribution in [0, 0.1) is 0 Å². The van der Waals surface area contributed by atoms with E-state index in [2.05, 4.69) is 20.8 Å². The molecule has 2 rings (SSSR count). The molecule has 0 radical (unpaired) electrons. The van der Waals surface area contributed by atoms with Crippen molar-refractivity contribution >= 4 is 11.6 Å². The van der Waals surface area contributed by atoms with Gasteiger partial charge in [0.2, 0.25) is 18.2 Å². The maximum absolute atomic E-state index is 11.7. The SMILES string of the molecule is CC(C)NCC(=O)Nc1cccc(-c2nnco2)c1. The summed E-state index contributed by atoms with van der Waals surface area (Å²) < 4.78 is 5.11. The Hall–Kier alpha value is -2.21. The highest BCUT2D eigenvalue weighted by atomic mass is 16.4. The molecular weight excluding hydrogens is 244 g/mol. The summed E-state index contributed by atoms with van der Waals surface area (Å²) in [4.78, 5) is 11.7. The fourth-order valence-corrected chi connectivity index (χ4v) is 1.53. The van der Waals surface area contributed by atoms with E-state index in [1.807, 2.05) is 32.0 Å².